The summed E-state index contributed by atoms with van der Waals surface area (Å²) in [6.07, 6.45) is 0.788. The van der Waals surface area contributed by atoms with Crippen molar-refractivity contribution in [2.24, 2.45) is 0 Å². The van der Waals surface area contributed by atoms with Crippen LogP contribution in [-0.4, -0.2) is 32.1 Å². The molecule has 0 bridgehead atoms. The van der Waals surface area contributed by atoms with Crippen molar-refractivity contribution in [1.82, 2.24) is 0 Å². The van der Waals surface area contributed by atoms with Gasteiger partial charge in [0.25, 0.3) is 0 Å². The van der Waals surface area contributed by atoms with E-state index in [2.05, 4.69) is 0 Å². The average Bonchev–Trinajstić information content (AvgIpc) is 2.72. The highest BCUT2D eigenvalue weighted by Crippen LogP contribution is 2.08. The number of rotatable bonds is 2. The third-order valence-corrected chi connectivity index (χ3v) is 1.75. The first kappa shape index (κ1) is 9.23. The molecule has 0 radical (unpaired) electrons. The number of esters is 1. The summed E-state index contributed by atoms with van der Waals surface area (Å²) < 4.78 is 20.0. The fraction of sp³-hybridized carbons (Fsp3) is 0.444. The van der Waals surface area contributed by atoms with Gasteiger partial charge in [-0.3, -0.25) is 0 Å². The van der Waals surface area contributed by atoms with Crippen molar-refractivity contribution >= 4 is 5.97 Å². The number of carbonyl (C=O) groups excluding carboxylic acids is 1. The van der Waals surface area contributed by atoms with Gasteiger partial charge in [-0.15, -0.1) is 0 Å². The van der Waals surface area contributed by atoms with Crippen LogP contribution in [0.5, 0.6) is 0 Å². The molecule has 0 aliphatic carbocycles. The molecule has 0 saturated carbocycles. The van der Waals surface area contributed by atoms with Gasteiger partial charge in [0.05, 0.1) is 19.5 Å². The molecule has 14 heavy (non-hydrogen) atoms. The summed E-state index contributed by atoms with van der Waals surface area (Å²) in [5, 5.41) is 0. The molecule has 0 aromatic carbocycles. The zero-order valence-electron chi connectivity index (χ0n) is 7.47. The molecule has 2 rings (SSSR count). The maximum atomic E-state index is 11.3. The lowest BCUT2D eigenvalue weighted by Crippen LogP contribution is -2.32. The minimum atomic E-state index is -0.624. The molecular formula is C9H10O5. The second kappa shape index (κ2) is 4.26. The van der Waals surface area contributed by atoms with Gasteiger partial charge in [0, 0.05) is 0 Å². The minimum Gasteiger partial charge on any atom is -0.457 e. The van der Waals surface area contributed by atoms with E-state index in [1.165, 1.54) is 12.3 Å². The Morgan fingerprint density at radius 1 is 1.50 bits per heavy atom. The van der Waals surface area contributed by atoms with Crippen LogP contribution in [0.25, 0.3) is 0 Å². The molecule has 0 amide bonds. The topological polar surface area (TPSA) is 57.9 Å². The molecule has 1 fully saturated rings. The van der Waals surface area contributed by atoms with Gasteiger partial charge >= 0.3 is 5.97 Å². The van der Waals surface area contributed by atoms with Crippen LogP contribution in [-0.2, 0) is 14.2 Å². The molecule has 5 nitrogen and oxygen atoms in total. The van der Waals surface area contributed by atoms with E-state index in [4.69, 9.17) is 18.6 Å². The van der Waals surface area contributed by atoms with E-state index in [0.717, 1.165) is 0 Å². The van der Waals surface area contributed by atoms with Crippen molar-refractivity contribution in [3.05, 3.63) is 24.2 Å². The second-order valence-corrected chi connectivity index (χ2v) is 2.76. The first-order valence-corrected chi connectivity index (χ1v) is 4.30. The summed E-state index contributed by atoms with van der Waals surface area (Å²) in [5.41, 5.74) is 0. The molecule has 1 aliphatic heterocycles. The maximum Gasteiger partial charge on any atom is 0.376 e. The molecule has 1 aromatic rings. The predicted octanol–water partition coefficient (Wildman–Crippen LogP) is 0.809. The van der Waals surface area contributed by atoms with Crippen LogP contribution in [0, 0.1) is 0 Å². The minimum absolute atomic E-state index is 0.166. The third kappa shape index (κ3) is 2.12. The van der Waals surface area contributed by atoms with Crippen molar-refractivity contribution in [2.75, 3.05) is 19.8 Å². The Bertz CT molecular complexity index is 286. The van der Waals surface area contributed by atoms with E-state index < -0.39 is 12.3 Å². The van der Waals surface area contributed by atoms with Crippen LogP contribution in [0.2, 0.25) is 0 Å². The van der Waals surface area contributed by atoms with E-state index in [1.807, 2.05) is 0 Å². The molecule has 1 unspecified atom stereocenters. The quantitative estimate of drug-likeness (QED) is 0.658. The Hall–Kier alpha value is -1.33. The number of furan rings is 1. The Morgan fingerprint density at radius 2 is 2.43 bits per heavy atom. The molecule has 1 saturated heterocycles. The van der Waals surface area contributed by atoms with Crippen molar-refractivity contribution in [1.29, 1.82) is 0 Å². The first-order chi connectivity index (χ1) is 6.86. The van der Waals surface area contributed by atoms with Crippen LogP contribution >= 0.6 is 0 Å². The molecule has 2 heterocycles. The van der Waals surface area contributed by atoms with Gasteiger partial charge in [0.2, 0.25) is 12.1 Å². The molecule has 5 heteroatoms. The van der Waals surface area contributed by atoms with Gasteiger partial charge in [0.1, 0.15) is 6.61 Å². The molecule has 1 aromatic heterocycles. The summed E-state index contributed by atoms with van der Waals surface area (Å²) in [4.78, 5) is 11.3. The Labute approximate surface area is 80.5 Å². The third-order valence-electron chi connectivity index (χ3n) is 1.75. The molecule has 76 valence electrons. The van der Waals surface area contributed by atoms with Crippen LogP contribution in [0.15, 0.2) is 22.8 Å². The van der Waals surface area contributed by atoms with E-state index in [1.54, 1.807) is 6.07 Å². The molecule has 1 aliphatic rings. The highest BCUT2D eigenvalue weighted by Gasteiger charge is 2.20. The summed E-state index contributed by atoms with van der Waals surface area (Å²) in [7, 11) is 0. The smallest absolute Gasteiger partial charge is 0.376 e. The Morgan fingerprint density at radius 3 is 3.07 bits per heavy atom. The Kier molecular flexibility index (Phi) is 2.81. The zero-order chi connectivity index (χ0) is 9.80. The van der Waals surface area contributed by atoms with Gasteiger partial charge in [0.15, 0.2) is 0 Å². The van der Waals surface area contributed by atoms with Crippen LogP contribution in [0.1, 0.15) is 10.6 Å². The van der Waals surface area contributed by atoms with Crippen LogP contribution < -0.4 is 0 Å². The monoisotopic (exact) mass is 198 g/mol. The molecule has 0 spiro atoms. The van der Waals surface area contributed by atoms with E-state index in [-0.39, 0.29) is 12.4 Å². The van der Waals surface area contributed by atoms with Crippen molar-refractivity contribution in [3.63, 3.8) is 0 Å². The fourth-order valence-electron chi connectivity index (χ4n) is 1.11. The lowest BCUT2D eigenvalue weighted by Gasteiger charge is -2.22. The summed E-state index contributed by atoms with van der Waals surface area (Å²) >= 11 is 0. The number of carbonyl (C=O) groups is 1. The van der Waals surface area contributed by atoms with Gasteiger partial charge in [-0.05, 0) is 12.1 Å². The highest BCUT2D eigenvalue weighted by atomic mass is 16.7. The van der Waals surface area contributed by atoms with E-state index in [9.17, 15) is 4.79 Å². The van der Waals surface area contributed by atoms with Crippen LogP contribution in [0.4, 0.5) is 0 Å². The van der Waals surface area contributed by atoms with Crippen molar-refractivity contribution in [2.45, 2.75) is 6.29 Å². The van der Waals surface area contributed by atoms with Gasteiger partial charge < -0.3 is 18.6 Å². The maximum absolute atomic E-state index is 11.3. The first-order valence-electron chi connectivity index (χ1n) is 4.30. The lowest BCUT2D eigenvalue weighted by molar-refractivity contribution is -0.186. The fourth-order valence-corrected chi connectivity index (χ4v) is 1.11. The summed E-state index contributed by atoms with van der Waals surface area (Å²) in [5.74, 6) is -0.371. The summed E-state index contributed by atoms with van der Waals surface area (Å²) in [6.45, 7) is 1.25. The highest BCUT2D eigenvalue weighted by molar-refractivity contribution is 5.86. The van der Waals surface area contributed by atoms with Crippen molar-refractivity contribution < 1.29 is 23.4 Å². The van der Waals surface area contributed by atoms with Gasteiger partial charge in [-0.1, -0.05) is 0 Å². The van der Waals surface area contributed by atoms with Gasteiger partial charge in [-0.25, -0.2) is 4.79 Å². The molecule has 0 N–H and O–H groups in total. The zero-order valence-corrected chi connectivity index (χ0v) is 7.47. The largest absolute Gasteiger partial charge is 0.457 e. The van der Waals surface area contributed by atoms with E-state index >= 15 is 0 Å². The SMILES string of the molecule is O=C(OC1COCCO1)c1ccco1. The standard InChI is InChI=1S/C9H10O5/c10-9(7-2-1-3-12-7)14-8-6-11-4-5-13-8/h1-3,8H,4-6H2. The molecular weight excluding hydrogens is 188 g/mol. The second-order valence-electron chi connectivity index (χ2n) is 2.76. The van der Waals surface area contributed by atoms with Crippen LogP contribution in [0.3, 0.4) is 0 Å². The predicted molar refractivity (Wildman–Crippen MR) is 44.7 cm³/mol. The number of ether oxygens (including phenoxy) is 3. The van der Waals surface area contributed by atoms with Crippen molar-refractivity contribution in [3.8, 4) is 0 Å². The average molecular weight is 198 g/mol. The van der Waals surface area contributed by atoms with E-state index in [0.29, 0.717) is 13.2 Å². The number of hydrogen-bond acceptors (Lipinski definition) is 5. The number of hydrogen-bond donors (Lipinski definition) is 0. The van der Waals surface area contributed by atoms with Gasteiger partial charge in [-0.2, -0.15) is 0 Å². The molecule has 1 atom stereocenters. The lowest BCUT2D eigenvalue weighted by atomic mass is 10.4. The summed E-state index contributed by atoms with van der Waals surface area (Å²) in [6, 6.07) is 3.15. The normalized spacial score (nSPS) is 21.9. The Balaban J connectivity index is 1.87.